The fraction of sp³-hybridized carbons (Fsp3) is 0.368. The molecule has 4 rings (SSSR count). The molecule has 1 N–H and O–H groups in total. The number of hydrogen-bond acceptors (Lipinski definition) is 7. The molecule has 3 aliphatic rings. The summed E-state index contributed by atoms with van der Waals surface area (Å²) in [5.74, 6) is -3.22. The van der Waals surface area contributed by atoms with Crippen molar-refractivity contribution in [3.05, 3.63) is 45.5 Å². The van der Waals surface area contributed by atoms with E-state index >= 15 is 0 Å². The number of imide groups is 1. The number of nitrogens with zero attached hydrogens (tertiary/aromatic N) is 2. The van der Waals surface area contributed by atoms with Gasteiger partial charge in [0, 0.05) is 12.1 Å². The number of likely N-dealkylation sites (tertiary alicyclic amines) is 1. The number of nitrogens with one attached hydrogen (secondary N) is 1. The number of carbonyl (C=O) groups excluding carboxylic acids is 4. The summed E-state index contributed by atoms with van der Waals surface area (Å²) in [5, 5.41) is 13.2. The van der Waals surface area contributed by atoms with Crippen molar-refractivity contribution in [3.63, 3.8) is 0 Å². The number of benzene rings is 1. The molecule has 3 amide bonds. The number of esters is 1. The predicted octanol–water partition coefficient (Wildman–Crippen LogP) is 1.54. The van der Waals surface area contributed by atoms with E-state index in [2.05, 4.69) is 5.32 Å². The Bertz CT molecular complexity index is 978. The van der Waals surface area contributed by atoms with Crippen molar-refractivity contribution in [2.75, 3.05) is 18.5 Å². The van der Waals surface area contributed by atoms with Crippen molar-refractivity contribution in [2.24, 2.45) is 23.7 Å². The van der Waals surface area contributed by atoms with E-state index in [4.69, 9.17) is 16.3 Å². The molecule has 0 spiro atoms. The molecule has 1 aliphatic heterocycles. The van der Waals surface area contributed by atoms with Gasteiger partial charge in [0.25, 0.3) is 11.6 Å². The summed E-state index contributed by atoms with van der Waals surface area (Å²) >= 11 is 5.90. The molecule has 30 heavy (non-hydrogen) atoms. The van der Waals surface area contributed by atoms with Crippen molar-refractivity contribution in [1.82, 2.24) is 4.90 Å². The normalized spacial score (nSPS) is 26.1. The number of ether oxygens (including phenoxy) is 1. The molecule has 0 unspecified atom stereocenters. The van der Waals surface area contributed by atoms with Crippen LogP contribution < -0.4 is 5.32 Å². The third-order valence-electron chi connectivity index (χ3n) is 5.65. The van der Waals surface area contributed by atoms with Crippen LogP contribution in [0.2, 0.25) is 5.02 Å². The minimum atomic E-state index is -0.905. The summed E-state index contributed by atoms with van der Waals surface area (Å²) in [5.41, 5.74) is -0.278. The maximum Gasteiger partial charge on any atom is 0.326 e. The first-order chi connectivity index (χ1) is 14.3. The van der Waals surface area contributed by atoms with Crippen LogP contribution >= 0.6 is 11.6 Å². The quantitative estimate of drug-likeness (QED) is 0.236. The van der Waals surface area contributed by atoms with Crippen molar-refractivity contribution in [3.8, 4) is 0 Å². The number of halogens is 1. The molecule has 1 aromatic rings. The molecule has 4 atom stereocenters. The lowest BCUT2D eigenvalue weighted by atomic mass is 9.85. The Balaban J connectivity index is 1.31. The number of non-ortho nitro benzene ring substituents is 1. The van der Waals surface area contributed by atoms with Gasteiger partial charge in [0.15, 0.2) is 6.61 Å². The third kappa shape index (κ3) is 3.43. The summed E-state index contributed by atoms with van der Waals surface area (Å²) in [4.78, 5) is 60.2. The van der Waals surface area contributed by atoms with E-state index in [1.165, 1.54) is 12.1 Å². The highest BCUT2D eigenvalue weighted by Gasteiger charge is 2.59. The van der Waals surface area contributed by atoms with Gasteiger partial charge >= 0.3 is 5.97 Å². The van der Waals surface area contributed by atoms with Crippen LogP contribution in [0.5, 0.6) is 0 Å². The Morgan fingerprint density at radius 2 is 1.83 bits per heavy atom. The zero-order chi connectivity index (χ0) is 21.6. The van der Waals surface area contributed by atoms with Crippen LogP contribution in [0.15, 0.2) is 30.4 Å². The highest BCUT2D eigenvalue weighted by atomic mass is 35.5. The average Bonchev–Trinajstić information content (AvgIpc) is 3.38. The van der Waals surface area contributed by atoms with Gasteiger partial charge < -0.3 is 10.1 Å². The molecule has 2 bridgehead atoms. The molecule has 11 heteroatoms. The molecular formula is C19H16ClN3O7. The topological polar surface area (TPSA) is 136 Å². The molecule has 1 aromatic carbocycles. The molecular weight excluding hydrogens is 418 g/mol. The number of hydrogen-bond donors (Lipinski definition) is 1. The average molecular weight is 434 g/mol. The first kappa shape index (κ1) is 20.0. The van der Waals surface area contributed by atoms with Gasteiger partial charge in [-0.25, -0.2) is 0 Å². The SMILES string of the molecule is O=C(COC(=O)CN1C(=O)[C@@H]2[C@@H](C1=O)[C@H]1C=C[C@H]2C1)Nc1cc([N+](=O)[O-])ccc1Cl. The van der Waals surface area contributed by atoms with E-state index in [0.29, 0.717) is 0 Å². The molecule has 2 aliphatic carbocycles. The first-order valence-corrected chi connectivity index (χ1v) is 9.57. The van der Waals surface area contributed by atoms with Crippen molar-refractivity contribution in [2.45, 2.75) is 6.42 Å². The lowest BCUT2D eigenvalue weighted by molar-refractivity contribution is -0.384. The van der Waals surface area contributed by atoms with Gasteiger partial charge in [-0.3, -0.25) is 34.2 Å². The van der Waals surface area contributed by atoms with Crippen molar-refractivity contribution >= 4 is 46.7 Å². The number of rotatable bonds is 6. The standard InChI is InChI=1S/C19H16ClN3O7/c20-12-4-3-11(23(28)29)6-13(12)21-14(24)8-30-15(25)7-22-18(26)16-9-1-2-10(5-9)17(16)19(22)27/h1-4,6,9-10,16-17H,5,7-8H2,(H,21,24)/t9-,10-,16-,17-/m0/s1. The number of anilines is 1. The van der Waals surface area contributed by atoms with Crippen molar-refractivity contribution < 1.29 is 28.8 Å². The van der Waals surface area contributed by atoms with Crippen LogP contribution in [0.25, 0.3) is 0 Å². The van der Waals surface area contributed by atoms with E-state index in [1.54, 1.807) is 0 Å². The zero-order valence-electron chi connectivity index (χ0n) is 15.4. The third-order valence-corrected chi connectivity index (χ3v) is 5.98. The fourth-order valence-electron chi connectivity index (χ4n) is 4.35. The number of fused-ring (bicyclic) bond motifs is 5. The summed E-state index contributed by atoms with van der Waals surface area (Å²) in [6, 6.07) is 3.51. The molecule has 2 fully saturated rings. The van der Waals surface area contributed by atoms with E-state index in [-0.39, 0.29) is 40.0 Å². The number of allylic oxidation sites excluding steroid dienone is 2. The van der Waals surface area contributed by atoms with E-state index in [1.807, 2.05) is 12.2 Å². The zero-order valence-corrected chi connectivity index (χ0v) is 16.2. The minimum absolute atomic E-state index is 0.00684. The lowest BCUT2D eigenvalue weighted by Gasteiger charge is -2.16. The van der Waals surface area contributed by atoms with Gasteiger partial charge in [-0.15, -0.1) is 0 Å². The molecule has 1 saturated heterocycles. The molecule has 1 saturated carbocycles. The number of nitro groups is 1. The summed E-state index contributed by atoms with van der Waals surface area (Å²) in [7, 11) is 0. The van der Waals surface area contributed by atoms with Crippen LogP contribution in [0.1, 0.15) is 6.42 Å². The second kappa shape index (κ2) is 7.52. The lowest BCUT2D eigenvalue weighted by Crippen LogP contribution is -2.38. The fourth-order valence-corrected chi connectivity index (χ4v) is 4.51. The van der Waals surface area contributed by atoms with Gasteiger partial charge in [-0.2, -0.15) is 0 Å². The Morgan fingerprint density at radius 1 is 1.20 bits per heavy atom. The van der Waals surface area contributed by atoms with Crippen LogP contribution in [0.3, 0.4) is 0 Å². The van der Waals surface area contributed by atoms with Gasteiger partial charge in [-0.05, 0) is 24.3 Å². The van der Waals surface area contributed by atoms with E-state index in [9.17, 15) is 29.3 Å². The van der Waals surface area contributed by atoms with Crippen molar-refractivity contribution in [1.29, 1.82) is 0 Å². The Hall–Kier alpha value is -3.27. The largest absolute Gasteiger partial charge is 0.454 e. The number of nitro benzene ring substituents is 1. The Labute approximate surface area is 174 Å². The number of amides is 3. The van der Waals surface area contributed by atoms with E-state index in [0.717, 1.165) is 17.4 Å². The predicted molar refractivity (Wildman–Crippen MR) is 102 cm³/mol. The molecule has 0 radical (unpaired) electrons. The summed E-state index contributed by atoms with van der Waals surface area (Å²) in [6.07, 6.45) is 4.68. The second-order valence-corrected chi connectivity index (χ2v) is 7.80. The van der Waals surface area contributed by atoms with Gasteiger partial charge in [-0.1, -0.05) is 23.8 Å². The minimum Gasteiger partial charge on any atom is -0.454 e. The Morgan fingerprint density at radius 3 is 2.43 bits per heavy atom. The molecule has 156 valence electrons. The second-order valence-electron chi connectivity index (χ2n) is 7.39. The van der Waals surface area contributed by atoms with Crippen LogP contribution in [-0.4, -0.2) is 46.7 Å². The van der Waals surface area contributed by atoms with Crippen LogP contribution in [0.4, 0.5) is 11.4 Å². The molecule has 0 aromatic heterocycles. The van der Waals surface area contributed by atoms with Gasteiger partial charge in [0.05, 0.1) is 27.5 Å². The number of carbonyl (C=O) groups is 4. The van der Waals surface area contributed by atoms with Crippen LogP contribution in [-0.2, 0) is 23.9 Å². The highest BCUT2D eigenvalue weighted by Crippen LogP contribution is 2.52. The maximum absolute atomic E-state index is 12.5. The monoisotopic (exact) mass is 433 g/mol. The van der Waals surface area contributed by atoms with Crippen LogP contribution in [0, 0.1) is 33.8 Å². The molecule has 1 heterocycles. The maximum atomic E-state index is 12.5. The molecule has 10 nitrogen and oxygen atoms in total. The highest BCUT2D eigenvalue weighted by molar-refractivity contribution is 6.33. The smallest absolute Gasteiger partial charge is 0.326 e. The first-order valence-electron chi connectivity index (χ1n) is 9.19. The van der Waals surface area contributed by atoms with Gasteiger partial charge in [0.2, 0.25) is 11.8 Å². The summed E-state index contributed by atoms with van der Waals surface area (Å²) < 4.78 is 4.85. The van der Waals surface area contributed by atoms with Gasteiger partial charge in [0.1, 0.15) is 6.54 Å². The van der Waals surface area contributed by atoms with E-state index < -0.39 is 41.8 Å². The summed E-state index contributed by atoms with van der Waals surface area (Å²) in [6.45, 7) is -1.26. The Kier molecular flexibility index (Phi) is 5.02.